The third-order valence-corrected chi connectivity index (χ3v) is 3.35. The first kappa shape index (κ1) is 17.2. The Bertz CT molecular complexity index is 493. The van der Waals surface area contributed by atoms with Crippen LogP contribution in [-0.2, 0) is 25.4 Å². The van der Waals surface area contributed by atoms with Gasteiger partial charge in [-0.1, -0.05) is 30.3 Å². The van der Waals surface area contributed by atoms with Crippen LogP contribution in [0.3, 0.4) is 0 Å². The molecule has 1 rings (SSSR count). The summed E-state index contributed by atoms with van der Waals surface area (Å²) in [6, 6.07) is 8.05. The molecule has 0 aliphatic carbocycles. The molecule has 2 N–H and O–H groups in total. The van der Waals surface area contributed by atoms with Crippen molar-refractivity contribution in [2.24, 2.45) is 0 Å². The fraction of sp³-hybridized carbons (Fsp3) is 0.385. The lowest BCUT2D eigenvalue weighted by Gasteiger charge is -2.15. The fourth-order valence-corrected chi connectivity index (χ4v) is 2.10. The van der Waals surface area contributed by atoms with Gasteiger partial charge in [-0.05, 0) is 12.0 Å². The Balaban J connectivity index is 2.47. The maximum absolute atomic E-state index is 11.6. The van der Waals surface area contributed by atoms with Crippen molar-refractivity contribution < 1.29 is 28.5 Å². The molecule has 1 aromatic rings. The molecule has 0 spiro atoms. The molecule has 0 heterocycles. The molecule has 8 heteroatoms. The summed E-state index contributed by atoms with van der Waals surface area (Å²) >= 11 is 0. The lowest BCUT2D eigenvalue weighted by Crippen LogP contribution is -2.42. The Morgan fingerprint density at radius 3 is 2.57 bits per heavy atom. The van der Waals surface area contributed by atoms with E-state index in [-0.39, 0.29) is 19.2 Å². The van der Waals surface area contributed by atoms with Gasteiger partial charge in [-0.3, -0.25) is 4.57 Å². The van der Waals surface area contributed by atoms with E-state index >= 15 is 0 Å². The number of ether oxygens (including phenoxy) is 2. The molecule has 2 atom stereocenters. The number of hydrogen-bond donors (Lipinski definition) is 2. The highest BCUT2D eigenvalue weighted by Crippen LogP contribution is 2.15. The molecule has 0 radical (unpaired) electrons. The average molecular weight is 315 g/mol. The molecule has 1 aromatic carbocycles. The maximum atomic E-state index is 11.6. The summed E-state index contributed by atoms with van der Waals surface area (Å²) in [6.45, 7) is 0.0666. The minimum Gasteiger partial charge on any atom is -0.467 e. The SMILES string of the molecule is COC(=O)[C@@H](CC[PH](=O)O)NC(=O)OCc1ccccc1. The molecule has 1 amide bonds. The van der Waals surface area contributed by atoms with Crippen molar-refractivity contribution in [3.8, 4) is 0 Å². The first-order valence-electron chi connectivity index (χ1n) is 6.29. The molecule has 116 valence electrons. The monoisotopic (exact) mass is 315 g/mol. The van der Waals surface area contributed by atoms with Crippen molar-refractivity contribution in [1.29, 1.82) is 0 Å². The van der Waals surface area contributed by atoms with E-state index < -0.39 is 26.1 Å². The third kappa shape index (κ3) is 6.92. The second-order valence-electron chi connectivity index (χ2n) is 4.21. The zero-order chi connectivity index (χ0) is 15.7. The van der Waals surface area contributed by atoms with Crippen LogP contribution in [-0.4, -0.2) is 36.3 Å². The fourth-order valence-electron chi connectivity index (χ4n) is 1.57. The molecule has 0 fully saturated rings. The van der Waals surface area contributed by atoms with Crippen LogP contribution in [0.4, 0.5) is 4.79 Å². The van der Waals surface area contributed by atoms with Crippen LogP contribution in [0, 0.1) is 0 Å². The molecule has 0 bridgehead atoms. The summed E-state index contributed by atoms with van der Waals surface area (Å²) in [5.41, 5.74) is 0.808. The lowest BCUT2D eigenvalue weighted by molar-refractivity contribution is -0.143. The number of hydrogen-bond acceptors (Lipinski definition) is 5. The molecular weight excluding hydrogens is 297 g/mol. The van der Waals surface area contributed by atoms with E-state index in [0.29, 0.717) is 0 Å². The van der Waals surface area contributed by atoms with Gasteiger partial charge in [-0.2, -0.15) is 0 Å². The molecule has 0 aliphatic rings. The largest absolute Gasteiger partial charge is 0.467 e. The maximum Gasteiger partial charge on any atom is 0.408 e. The van der Waals surface area contributed by atoms with Gasteiger partial charge in [0, 0.05) is 6.16 Å². The Kier molecular flexibility index (Phi) is 7.50. The molecule has 1 unspecified atom stereocenters. The standard InChI is InChI=1S/C13H18NO6P/c1-19-12(15)11(7-8-21(17)18)14-13(16)20-9-10-5-3-2-4-6-10/h2-6,11,21H,7-9H2,1H3,(H,14,16)(H,17,18)/t11-/m1/s1. The van der Waals surface area contributed by atoms with Gasteiger partial charge in [0.05, 0.1) is 7.11 Å². The van der Waals surface area contributed by atoms with Crippen LogP contribution in [0.1, 0.15) is 12.0 Å². The highest BCUT2D eigenvalue weighted by atomic mass is 31.1. The minimum absolute atomic E-state index is 0.0153. The van der Waals surface area contributed by atoms with Gasteiger partial charge in [-0.25, -0.2) is 9.59 Å². The van der Waals surface area contributed by atoms with Crippen LogP contribution >= 0.6 is 8.03 Å². The average Bonchev–Trinajstić information content (AvgIpc) is 2.49. The third-order valence-electron chi connectivity index (χ3n) is 2.64. The van der Waals surface area contributed by atoms with Gasteiger partial charge in [0.1, 0.15) is 12.6 Å². The summed E-state index contributed by atoms with van der Waals surface area (Å²) in [4.78, 5) is 31.9. The molecular formula is C13H18NO6P. The number of rotatable bonds is 7. The summed E-state index contributed by atoms with van der Waals surface area (Å²) in [7, 11) is -1.54. The number of esters is 1. The summed E-state index contributed by atoms with van der Waals surface area (Å²) in [6.07, 6.45) is -0.850. The van der Waals surface area contributed by atoms with E-state index in [9.17, 15) is 14.2 Å². The first-order valence-corrected chi connectivity index (χ1v) is 7.86. The quantitative estimate of drug-likeness (QED) is 0.581. The van der Waals surface area contributed by atoms with E-state index in [1.165, 1.54) is 7.11 Å². The number of benzene rings is 1. The predicted octanol–water partition coefficient (Wildman–Crippen LogP) is 1.31. The Hall–Kier alpha value is -1.85. The molecule has 0 saturated heterocycles. The summed E-state index contributed by atoms with van der Waals surface area (Å²) < 4.78 is 20.2. The van der Waals surface area contributed by atoms with Gasteiger partial charge in [0.2, 0.25) is 0 Å². The summed E-state index contributed by atoms with van der Waals surface area (Å²) in [5.74, 6) is -0.685. The number of carbonyl (C=O) groups is 2. The topological polar surface area (TPSA) is 102 Å². The van der Waals surface area contributed by atoms with E-state index in [0.717, 1.165) is 5.56 Å². The molecule has 7 nitrogen and oxygen atoms in total. The molecule has 0 saturated carbocycles. The van der Waals surface area contributed by atoms with Crippen molar-refractivity contribution >= 4 is 20.1 Å². The van der Waals surface area contributed by atoms with Gasteiger partial charge in [-0.15, -0.1) is 0 Å². The molecule has 21 heavy (non-hydrogen) atoms. The van der Waals surface area contributed by atoms with E-state index in [1.54, 1.807) is 12.1 Å². The lowest BCUT2D eigenvalue weighted by atomic mass is 10.2. The van der Waals surface area contributed by atoms with Crippen molar-refractivity contribution in [1.82, 2.24) is 5.32 Å². The highest BCUT2D eigenvalue weighted by Gasteiger charge is 2.22. The van der Waals surface area contributed by atoms with Crippen LogP contribution in [0.25, 0.3) is 0 Å². The van der Waals surface area contributed by atoms with Crippen molar-refractivity contribution in [2.45, 2.75) is 19.1 Å². The Morgan fingerprint density at radius 1 is 1.33 bits per heavy atom. The second kappa shape index (κ2) is 9.15. The Labute approximate surface area is 123 Å². The predicted molar refractivity (Wildman–Crippen MR) is 76.3 cm³/mol. The second-order valence-corrected chi connectivity index (χ2v) is 5.50. The minimum atomic E-state index is -2.71. The number of alkyl carbamates (subject to hydrolysis) is 1. The van der Waals surface area contributed by atoms with E-state index in [1.807, 2.05) is 18.2 Å². The normalized spacial score (nSPS) is 13.0. The van der Waals surface area contributed by atoms with Gasteiger partial charge >= 0.3 is 12.1 Å². The van der Waals surface area contributed by atoms with Crippen molar-refractivity contribution in [3.05, 3.63) is 35.9 Å². The van der Waals surface area contributed by atoms with Crippen molar-refractivity contribution in [2.75, 3.05) is 13.3 Å². The van der Waals surface area contributed by atoms with E-state index in [2.05, 4.69) is 10.1 Å². The van der Waals surface area contributed by atoms with Crippen LogP contribution in [0.5, 0.6) is 0 Å². The van der Waals surface area contributed by atoms with Crippen molar-refractivity contribution in [3.63, 3.8) is 0 Å². The van der Waals surface area contributed by atoms with Gasteiger partial charge in [0.25, 0.3) is 0 Å². The Morgan fingerprint density at radius 2 is 2.00 bits per heavy atom. The number of amides is 1. The molecule has 0 aliphatic heterocycles. The first-order chi connectivity index (χ1) is 10.0. The van der Waals surface area contributed by atoms with Gasteiger partial charge < -0.3 is 19.7 Å². The number of methoxy groups -OCH3 is 1. The van der Waals surface area contributed by atoms with E-state index in [4.69, 9.17) is 9.63 Å². The highest BCUT2D eigenvalue weighted by molar-refractivity contribution is 7.37. The molecule has 0 aromatic heterocycles. The smallest absolute Gasteiger partial charge is 0.408 e. The zero-order valence-electron chi connectivity index (χ0n) is 11.6. The van der Waals surface area contributed by atoms with Crippen LogP contribution in [0.15, 0.2) is 30.3 Å². The van der Waals surface area contributed by atoms with Gasteiger partial charge in [0.15, 0.2) is 8.03 Å². The number of carbonyl (C=O) groups excluding carboxylic acids is 2. The summed E-state index contributed by atoms with van der Waals surface area (Å²) in [5, 5.41) is 2.32. The van der Waals surface area contributed by atoms with Crippen LogP contribution < -0.4 is 5.32 Å². The zero-order valence-corrected chi connectivity index (χ0v) is 12.6. The number of nitrogens with one attached hydrogen (secondary N) is 1. The van der Waals surface area contributed by atoms with Crippen LogP contribution in [0.2, 0.25) is 0 Å².